The number of hydrogen-bond donors (Lipinski definition) is 1. The summed E-state index contributed by atoms with van der Waals surface area (Å²) in [6, 6.07) is 16.2. The van der Waals surface area contributed by atoms with Crippen molar-refractivity contribution in [2.75, 3.05) is 31.1 Å². The van der Waals surface area contributed by atoms with Gasteiger partial charge in [0.25, 0.3) is 5.56 Å². The fourth-order valence-electron chi connectivity index (χ4n) is 4.04. The zero-order valence-corrected chi connectivity index (χ0v) is 17.2. The number of halogens is 1. The summed E-state index contributed by atoms with van der Waals surface area (Å²) in [5.74, 6) is 0.0645. The second-order valence-corrected chi connectivity index (χ2v) is 7.65. The Morgan fingerprint density at radius 1 is 1.06 bits per heavy atom. The van der Waals surface area contributed by atoms with E-state index in [1.807, 2.05) is 41.3 Å². The van der Waals surface area contributed by atoms with Crippen LogP contribution in [-0.4, -0.2) is 50.8 Å². The monoisotopic (exact) mass is 429 g/mol. The van der Waals surface area contributed by atoms with Gasteiger partial charge >= 0.3 is 0 Å². The predicted molar refractivity (Wildman–Crippen MR) is 118 cm³/mol. The van der Waals surface area contributed by atoms with Gasteiger partial charge in [0, 0.05) is 26.2 Å². The van der Waals surface area contributed by atoms with Crippen LogP contribution in [0.4, 0.5) is 10.1 Å². The molecular weight excluding hydrogens is 409 g/mol. The number of anilines is 1. The second-order valence-electron chi connectivity index (χ2n) is 7.65. The first-order valence-corrected chi connectivity index (χ1v) is 10.3. The number of aromatic amines is 1. The van der Waals surface area contributed by atoms with Gasteiger partial charge < -0.3 is 9.88 Å². The summed E-state index contributed by atoms with van der Waals surface area (Å²) in [5.41, 5.74) is 1.83. The first-order chi connectivity index (χ1) is 15.6. The number of rotatable bonds is 4. The number of nitriles is 1. The highest BCUT2D eigenvalue weighted by Gasteiger charge is 2.22. The first kappa shape index (κ1) is 19.9. The lowest BCUT2D eigenvalue weighted by atomic mass is 10.1. The number of para-hydroxylation sites is 1. The summed E-state index contributed by atoms with van der Waals surface area (Å²) in [4.78, 5) is 24.3. The molecule has 0 spiro atoms. The van der Waals surface area contributed by atoms with Crippen LogP contribution < -0.4 is 10.5 Å². The average Bonchev–Trinajstić information content (AvgIpc) is 3.24. The van der Waals surface area contributed by atoms with Gasteiger partial charge in [-0.05, 0) is 24.3 Å². The van der Waals surface area contributed by atoms with Gasteiger partial charge in [-0.3, -0.25) is 9.69 Å². The Hall–Kier alpha value is -4.03. The lowest BCUT2D eigenvalue weighted by molar-refractivity contribution is 0.244. The van der Waals surface area contributed by atoms with E-state index < -0.39 is 5.82 Å². The normalized spacial score (nSPS) is 14.6. The van der Waals surface area contributed by atoms with Crippen molar-refractivity contribution in [3.8, 4) is 11.8 Å². The smallest absolute Gasteiger partial charge is 0.262 e. The van der Waals surface area contributed by atoms with Crippen LogP contribution in [-0.2, 0) is 6.54 Å². The van der Waals surface area contributed by atoms with Crippen LogP contribution in [0.3, 0.4) is 0 Å². The summed E-state index contributed by atoms with van der Waals surface area (Å²) in [6.45, 7) is 3.16. The molecule has 2 aromatic carbocycles. The van der Waals surface area contributed by atoms with Crippen molar-refractivity contribution in [2.45, 2.75) is 6.54 Å². The molecule has 1 aliphatic rings. The average molecular weight is 429 g/mol. The lowest BCUT2D eigenvalue weighted by Gasteiger charge is -2.36. The number of benzene rings is 2. The Morgan fingerprint density at radius 2 is 1.84 bits per heavy atom. The molecule has 160 valence electrons. The molecule has 5 rings (SSSR count). The topological polar surface area (TPSA) is 93.8 Å². The van der Waals surface area contributed by atoms with Gasteiger partial charge in [-0.2, -0.15) is 10.4 Å². The van der Waals surface area contributed by atoms with Gasteiger partial charge in [0.15, 0.2) is 5.65 Å². The fraction of sp³-hybridized carbons (Fsp3) is 0.217. The van der Waals surface area contributed by atoms with E-state index in [4.69, 9.17) is 0 Å². The largest absolute Gasteiger partial charge is 0.368 e. The third-order valence-electron chi connectivity index (χ3n) is 5.68. The molecule has 3 heterocycles. The molecule has 1 N–H and O–H groups in total. The molecule has 0 radical (unpaired) electrons. The molecule has 4 aromatic rings. The number of hydrogen-bond acceptors (Lipinski definition) is 6. The maximum absolute atomic E-state index is 14.0. The Kier molecular flexibility index (Phi) is 5.13. The fourth-order valence-corrected chi connectivity index (χ4v) is 4.04. The molecule has 9 heteroatoms. The number of aromatic nitrogens is 4. The van der Waals surface area contributed by atoms with Crippen LogP contribution in [0.5, 0.6) is 0 Å². The van der Waals surface area contributed by atoms with Gasteiger partial charge in [-0.25, -0.2) is 14.1 Å². The van der Waals surface area contributed by atoms with Gasteiger partial charge in [0.2, 0.25) is 0 Å². The number of nitrogens with one attached hydrogen (secondary N) is 1. The zero-order chi connectivity index (χ0) is 22.1. The molecule has 8 nitrogen and oxygen atoms in total. The number of fused-ring (bicyclic) bond motifs is 1. The summed E-state index contributed by atoms with van der Waals surface area (Å²) in [6.07, 6.45) is 1.53. The van der Waals surface area contributed by atoms with Crippen molar-refractivity contribution in [1.82, 2.24) is 24.6 Å². The molecule has 0 amide bonds. The molecule has 1 aliphatic heterocycles. The third kappa shape index (κ3) is 3.61. The van der Waals surface area contributed by atoms with Crippen LogP contribution in [0.15, 0.2) is 59.5 Å². The third-order valence-corrected chi connectivity index (χ3v) is 5.68. The Balaban J connectivity index is 1.35. The molecule has 0 atom stereocenters. The van der Waals surface area contributed by atoms with Gasteiger partial charge in [-0.1, -0.05) is 24.3 Å². The van der Waals surface area contributed by atoms with Crippen molar-refractivity contribution < 1.29 is 4.39 Å². The van der Waals surface area contributed by atoms with Crippen molar-refractivity contribution in [2.24, 2.45) is 0 Å². The Morgan fingerprint density at radius 3 is 2.59 bits per heavy atom. The summed E-state index contributed by atoms with van der Waals surface area (Å²) >= 11 is 0. The lowest BCUT2D eigenvalue weighted by Crippen LogP contribution is -2.46. The molecule has 32 heavy (non-hydrogen) atoms. The van der Waals surface area contributed by atoms with Crippen LogP contribution in [0.2, 0.25) is 0 Å². The maximum atomic E-state index is 14.0. The zero-order valence-electron chi connectivity index (χ0n) is 17.2. The molecule has 0 bridgehead atoms. The SMILES string of the molecule is N#Cc1c(F)cccc1N1CCN(Cc2nc3c(cnn3-c3ccccc3)c(=O)[nH]2)CC1. The highest BCUT2D eigenvalue weighted by atomic mass is 19.1. The van der Waals surface area contributed by atoms with E-state index in [2.05, 4.69) is 20.0 Å². The highest BCUT2D eigenvalue weighted by Crippen LogP contribution is 2.24. The minimum absolute atomic E-state index is 0.0755. The number of piperazine rings is 1. The highest BCUT2D eigenvalue weighted by molar-refractivity contribution is 5.75. The molecule has 1 fully saturated rings. The maximum Gasteiger partial charge on any atom is 0.262 e. The van der Waals surface area contributed by atoms with Crippen molar-refractivity contribution in [1.29, 1.82) is 5.26 Å². The van der Waals surface area contributed by atoms with E-state index in [1.165, 1.54) is 12.3 Å². The van der Waals surface area contributed by atoms with Crippen molar-refractivity contribution in [3.63, 3.8) is 0 Å². The van der Waals surface area contributed by atoms with E-state index in [0.717, 1.165) is 5.69 Å². The molecule has 0 unspecified atom stereocenters. The number of H-pyrrole nitrogens is 1. The Labute approximate surface area is 183 Å². The second kappa shape index (κ2) is 8.24. The quantitative estimate of drug-likeness (QED) is 0.536. The molecular formula is C23H20FN7O. The van der Waals surface area contributed by atoms with Crippen LogP contribution in [0, 0.1) is 17.1 Å². The van der Waals surface area contributed by atoms with Crippen LogP contribution >= 0.6 is 0 Å². The van der Waals surface area contributed by atoms with Crippen molar-refractivity contribution >= 4 is 16.7 Å². The Bertz CT molecular complexity index is 1360. The summed E-state index contributed by atoms with van der Waals surface area (Å²) in [5, 5.41) is 14.1. The van der Waals surface area contributed by atoms with E-state index in [9.17, 15) is 14.4 Å². The molecule has 0 saturated carbocycles. The standard InChI is InChI=1S/C23H20FN7O/c24-19-7-4-8-20(17(19)13-25)30-11-9-29(10-12-30)15-21-27-22-18(23(32)28-21)14-26-31(22)16-5-2-1-3-6-16/h1-8,14H,9-12,15H2,(H,27,28,32). The minimum Gasteiger partial charge on any atom is -0.368 e. The van der Waals surface area contributed by atoms with E-state index in [-0.39, 0.29) is 11.1 Å². The molecule has 2 aromatic heterocycles. The number of nitrogens with zero attached hydrogens (tertiary/aromatic N) is 6. The van der Waals surface area contributed by atoms with Gasteiger partial charge in [-0.15, -0.1) is 0 Å². The van der Waals surface area contributed by atoms with Gasteiger partial charge in [0.05, 0.1) is 24.1 Å². The van der Waals surface area contributed by atoms with E-state index >= 15 is 0 Å². The van der Waals surface area contributed by atoms with Crippen LogP contribution in [0.25, 0.3) is 16.7 Å². The minimum atomic E-state index is -0.502. The van der Waals surface area contributed by atoms with Crippen molar-refractivity contribution in [3.05, 3.63) is 82.3 Å². The predicted octanol–water partition coefficient (Wildman–Crippen LogP) is 2.44. The summed E-state index contributed by atoms with van der Waals surface area (Å²) in [7, 11) is 0. The summed E-state index contributed by atoms with van der Waals surface area (Å²) < 4.78 is 15.6. The molecule has 0 aliphatic carbocycles. The van der Waals surface area contributed by atoms with E-state index in [1.54, 1.807) is 16.8 Å². The first-order valence-electron chi connectivity index (χ1n) is 10.3. The van der Waals surface area contributed by atoms with E-state index in [0.29, 0.717) is 55.3 Å². The van der Waals surface area contributed by atoms with Crippen LogP contribution in [0.1, 0.15) is 11.4 Å². The molecule has 1 saturated heterocycles. The van der Waals surface area contributed by atoms with Gasteiger partial charge in [0.1, 0.15) is 28.7 Å².